The summed E-state index contributed by atoms with van der Waals surface area (Å²) in [7, 11) is 0. The van der Waals surface area contributed by atoms with Crippen LogP contribution in [0.5, 0.6) is 0 Å². The van der Waals surface area contributed by atoms with E-state index in [0.717, 1.165) is 11.7 Å². The lowest BCUT2D eigenvalue weighted by Crippen LogP contribution is -2.39. The molecule has 1 aliphatic carbocycles. The number of hydrogen-bond acceptors (Lipinski definition) is 2. The Morgan fingerprint density at radius 1 is 1.44 bits per heavy atom. The van der Waals surface area contributed by atoms with Crippen molar-refractivity contribution in [2.75, 3.05) is 0 Å². The molecule has 0 amide bonds. The summed E-state index contributed by atoms with van der Waals surface area (Å²) in [5, 5.41) is 3.73. The van der Waals surface area contributed by atoms with E-state index in [0.29, 0.717) is 12.1 Å². The van der Waals surface area contributed by atoms with Crippen LogP contribution < -0.4 is 5.32 Å². The van der Waals surface area contributed by atoms with Gasteiger partial charge in [0.15, 0.2) is 0 Å². The first-order chi connectivity index (χ1) is 7.81. The molecular formula is C14H23NO. The summed E-state index contributed by atoms with van der Waals surface area (Å²) in [6, 6.07) is 5.04. The van der Waals surface area contributed by atoms with Gasteiger partial charge in [-0.2, -0.15) is 0 Å². The van der Waals surface area contributed by atoms with Crippen LogP contribution in [-0.2, 0) is 0 Å². The Morgan fingerprint density at radius 3 is 2.94 bits per heavy atom. The van der Waals surface area contributed by atoms with Gasteiger partial charge in [0.05, 0.1) is 12.3 Å². The average Bonchev–Trinajstić information content (AvgIpc) is 2.83. The summed E-state index contributed by atoms with van der Waals surface area (Å²) in [5.41, 5.74) is 0. The molecule has 0 saturated heterocycles. The molecule has 0 bridgehead atoms. The highest BCUT2D eigenvalue weighted by Crippen LogP contribution is 2.28. The molecule has 0 spiro atoms. The van der Waals surface area contributed by atoms with Crippen LogP contribution in [0.4, 0.5) is 0 Å². The Bertz CT molecular complexity index is 294. The van der Waals surface area contributed by atoms with E-state index in [-0.39, 0.29) is 0 Å². The quantitative estimate of drug-likeness (QED) is 0.834. The van der Waals surface area contributed by atoms with Crippen LogP contribution >= 0.6 is 0 Å². The van der Waals surface area contributed by atoms with E-state index in [9.17, 15) is 0 Å². The molecule has 1 saturated carbocycles. The van der Waals surface area contributed by atoms with Gasteiger partial charge in [0.2, 0.25) is 0 Å². The second kappa shape index (κ2) is 5.53. The zero-order valence-electron chi connectivity index (χ0n) is 10.4. The lowest BCUT2D eigenvalue weighted by Gasteiger charge is -2.33. The van der Waals surface area contributed by atoms with Gasteiger partial charge < -0.3 is 9.73 Å². The van der Waals surface area contributed by atoms with Crippen molar-refractivity contribution in [2.24, 2.45) is 5.92 Å². The standard InChI is InChI=1S/C14H23NO/c1-3-12-7-4-5-8-13(12)15-11(2)14-9-6-10-16-14/h6,9-13,15H,3-5,7-8H2,1-2H3. The van der Waals surface area contributed by atoms with Crippen molar-refractivity contribution in [1.82, 2.24) is 5.32 Å². The molecule has 0 aliphatic heterocycles. The lowest BCUT2D eigenvalue weighted by molar-refractivity contribution is 0.232. The molecule has 0 radical (unpaired) electrons. The van der Waals surface area contributed by atoms with Crippen LogP contribution in [0.3, 0.4) is 0 Å². The van der Waals surface area contributed by atoms with Gasteiger partial charge >= 0.3 is 0 Å². The highest BCUT2D eigenvalue weighted by atomic mass is 16.3. The third kappa shape index (κ3) is 2.67. The van der Waals surface area contributed by atoms with Crippen LogP contribution in [-0.4, -0.2) is 6.04 Å². The molecule has 2 heteroatoms. The highest BCUT2D eigenvalue weighted by Gasteiger charge is 2.25. The summed E-state index contributed by atoms with van der Waals surface area (Å²) < 4.78 is 5.44. The van der Waals surface area contributed by atoms with Gasteiger partial charge in [0, 0.05) is 6.04 Å². The van der Waals surface area contributed by atoms with Crippen LogP contribution in [0.2, 0.25) is 0 Å². The number of rotatable bonds is 4. The van der Waals surface area contributed by atoms with E-state index < -0.39 is 0 Å². The largest absolute Gasteiger partial charge is 0.468 e. The van der Waals surface area contributed by atoms with Gasteiger partial charge in [0.1, 0.15) is 5.76 Å². The minimum Gasteiger partial charge on any atom is -0.468 e. The Labute approximate surface area is 98.4 Å². The van der Waals surface area contributed by atoms with Crippen molar-refractivity contribution in [2.45, 2.75) is 58.0 Å². The molecular weight excluding hydrogens is 198 g/mol. The van der Waals surface area contributed by atoms with Crippen molar-refractivity contribution in [1.29, 1.82) is 0 Å². The molecule has 3 unspecified atom stereocenters. The summed E-state index contributed by atoms with van der Waals surface area (Å²) in [6.45, 7) is 4.50. The number of furan rings is 1. The summed E-state index contributed by atoms with van der Waals surface area (Å²) >= 11 is 0. The average molecular weight is 221 g/mol. The molecule has 3 atom stereocenters. The van der Waals surface area contributed by atoms with E-state index in [1.165, 1.54) is 32.1 Å². The zero-order chi connectivity index (χ0) is 11.4. The molecule has 1 fully saturated rings. The summed E-state index contributed by atoms with van der Waals surface area (Å²) in [6.07, 6.45) is 8.54. The predicted molar refractivity (Wildman–Crippen MR) is 66.3 cm³/mol. The number of nitrogens with one attached hydrogen (secondary N) is 1. The van der Waals surface area contributed by atoms with Gasteiger partial charge in [0.25, 0.3) is 0 Å². The molecule has 16 heavy (non-hydrogen) atoms. The number of hydrogen-bond donors (Lipinski definition) is 1. The molecule has 0 aromatic carbocycles. The van der Waals surface area contributed by atoms with Crippen molar-refractivity contribution >= 4 is 0 Å². The zero-order valence-corrected chi connectivity index (χ0v) is 10.4. The minimum atomic E-state index is 0.340. The first kappa shape index (κ1) is 11.7. The molecule has 2 rings (SSSR count). The second-order valence-electron chi connectivity index (χ2n) is 4.96. The summed E-state index contributed by atoms with van der Waals surface area (Å²) in [4.78, 5) is 0. The van der Waals surface area contributed by atoms with Crippen LogP contribution in [0, 0.1) is 5.92 Å². The fourth-order valence-corrected chi connectivity index (χ4v) is 2.86. The Balaban J connectivity index is 1.92. The predicted octanol–water partition coefficient (Wildman–Crippen LogP) is 3.90. The Hall–Kier alpha value is -0.760. The molecule has 1 aromatic rings. The van der Waals surface area contributed by atoms with Crippen LogP contribution in [0.1, 0.15) is 57.8 Å². The smallest absolute Gasteiger partial charge is 0.120 e. The first-order valence-corrected chi connectivity index (χ1v) is 6.60. The van der Waals surface area contributed by atoms with Gasteiger partial charge in [-0.1, -0.05) is 26.2 Å². The Morgan fingerprint density at radius 2 is 2.25 bits per heavy atom. The third-order valence-corrected chi connectivity index (χ3v) is 3.87. The fourth-order valence-electron chi connectivity index (χ4n) is 2.86. The van der Waals surface area contributed by atoms with Crippen molar-refractivity contribution in [3.8, 4) is 0 Å². The monoisotopic (exact) mass is 221 g/mol. The van der Waals surface area contributed by atoms with Gasteiger partial charge in [-0.3, -0.25) is 0 Å². The topological polar surface area (TPSA) is 25.2 Å². The molecule has 90 valence electrons. The van der Waals surface area contributed by atoms with E-state index >= 15 is 0 Å². The maximum absolute atomic E-state index is 5.44. The highest BCUT2D eigenvalue weighted by molar-refractivity contribution is 5.03. The van der Waals surface area contributed by atoms with Gasteiger partial charge in [-0.25, -0.2) is 0 Å². The first-order valence-electron chi connectivity index (χ1n) is 6.60. The van der Waals surface area contributed by atoms with Gasteiger partial charge in [-0.15, -0.1) is 0 Å². The van der Waals surface area contributed by atoms with Crippen molar-refractivity contribution in [3.05, 3.63) is 24.2 Å². The molecule has 1 heterocycles. The fraction of sp³-hybridized carbons (Fsp3) is 0.714. The SMILES string of the molecule is CCC1CCCCC1NC(C)c1ccco1. The van der Waals surface area contributed by atoms with E-state index in [1.807, 2.05) is 6.07 Å². The second-order valence-corrected chi connectivity index (χ2v) is 4.96. The molecule has 1 N–H and O–H groups in total. The molecule has 1 aromatic heterocycles. The molecule has 1 aliphatic rings. The maximum Gasteiger partial charge on any atom is 0.120 e. The molecule has 2 nitrogen and oxygen atoms in total. The van der Waals surface area contributed by atoms with E-state index in [1.54, 1.807) is 6.26 Å². The maximum atomic E-state index is 5.44. The van der Waals surface area contributed by atoms with E-state index in [4.69, 9.17) is 4.42 Å². The van der Waals surface area contributed by atoms with Crippen LogP contribution in [0.25, 0.3) is 0 Å². The minimum absolute atomic E-state index is 0.340. The third-order valence-electron chi connectivity index (χ3n) is 3.87. The van der Waals surface area contributed by atoms with Gasteiger partial charge in [-0.05, 0) is 37.8 Å². The van der Waals surface area contributed by atoms with Crippen LogP contribution in [0.15, 0.2) is 22.8 Å². The van der Waals surface area contributed by atoms with Crippen molar-refractivity contribution < 1.29 is 4.42 Å². The normalized spacial score (nSPS) is 27.9. The summed E-state index contributed by atoms with van der Waals surface area (Å²) in [5.74, 6) is 1.91. The van der Waals surface area contributed by atoms with E-state index in [2.05, 4.69) is 25.2 Å². The van der Waals surface area contributed by atoms with Crippen molar-refractivity contribution in [3.63, 3.8) is 0 Å². The lowest BCUT2D eigenvalue weighted by atomic mass is 9.82. The Kier molecular flexibility index (Phi) is 4.05.